The summed E-state index contributed by atoms with van der Waals surface area (Å²) in [5.41, 5.74) is 0.495. The van der Waals surface area contributed by atoms with E-state index in [0.717, 1.165) is 0 Å². The number of ketones is 1. The van der Waals surface area contributed by atoms with Gasteiger partial charge in [-0.3, -0.25) is 4.79 Å². The minimum atomic E-state index is -2.52. The summed E-state index contributed by atoms with van der Waals surface area (Å²) in [6.45, 7) is 1.36. The second-order valence-corrected chi connectivity index (χ2v) is 3.00. The van der Waals surface area contributed by atoms with Gasteiger partial charge in [0.05, 0.1) is 5.69 Å². The van der Waals surface area contributed by atoms with Crippen LogP contribution < -0.4 is 0 Å². The van der Waals surface area contributed by atoms with Gasteiger partial charge < -0.3 is 0 Å². The summed E-state index contributed by atoms with van der Waals surface area (Å²) in [5.74, 6) is -0.204. The van der Waals surface area contributed by atoms with Crippen molar-refractivity contribution in [3.63, 3.8) is 0 Å². The number of carbonyl (C=O) groups excluding carboxylic acids is 1. The van der Waals surface area contributed by atoms with E-state index >= 15 is 0 Å². The highest BCUT2D eigenvalue weighted by Gasteiger charge is 2.04. The Kier molecular flexibility index (Phi) is 2.92. The molecule has 0 aliphatic heterocycles. The smallest absolute Gasteiger partial charge is 0.294 e. The van der Waals surface area contributed by atoms with E-state index in [0.29, 0.717) is 5.56 Å². The van der Waals surface area contributed by atoms with Crippen molar-refractivity contribution in [2.24, 2.45) is 4.36 Å². The Morgan fingerprint density at radius 2 is 1.92 bits per heavy atom. The van der Waals surface area contributed by atoms with Crippen LogP contribution in [0.4, 0.5) is 5.69 Å². The maximum atomic E-state index is 11.0. The van der Waals surface area contributed by atoms with Crippen molar-refractivity contribution in [3.8, 4) is 0 Å². The van der Waals surface area contributed by atoms with Gasteiger partial charge in [0.25, 0.3) is 0 Å². The van der Waals surface area contributed by atoms with Crippen LogP contribution in [-0.4, -0.2) is 14.2 Å². The van der Waals surface area contributed by atoms with E-state index in [4.69, 9.17) is 0 Å². The van der Waals surface area contributed by atoms with Gasteiger partial charge in [-0.05, 0) is 19.1 Å². The van der Waals surface area contributed by atoms with Gasteiger partial charge >= 0.3 is 10.5 Å². The average molecular weight is 197 g/mol. The van der Waals surface area contributed by atoms with Crippen LogP contribution in [0.2, 0.25) is 0 Å². The van der Waals surface area contributed by atoms with Gasteiger partial charge in [-0.25, -0.2) is 0 Å². The lowest BCUT2D eigenvalue weighted by molar-refractivity contribution is 0.101. The van der Waals surface area contributed by atoms with Crippen LogP contribution in [0.15, 0.2) is 28.6 Å². The molecule has 5 heteroatoms. The number of nitrogens with zero attached hydrogens (tertiary/aromatic N) is 1. The largest absolute Gasteiger partial charge is 0.316 e. The second-order valence-electron chi connectivity index (χ2n) is 2.38. The van der Waals surface area contributed by atoms with E-state index in [-0.39, 0.29) is 11.5 Å². The van der Waals surface area contributed by atoms with Gasteiger partial charge in [0, 0.05) is 5.56 Å². The zero-order valence-corrected chi connectivity index (χ0v) is 7.71. The fourth-order valence-electron chi connectivity index (χ4n) is 0.931. The van der Waals surface area contributed by atoms with Crippen molar-refractivity contribution in [1.29, 1.82) is 0 Å². The molecule has 0 N–H and O–H groups in total. The summed E-state index contributed by atoms with van der Waals surface area (Å²) in [6.07, 6.45) is 0. The Bertz CT molecular complexity index is 454. The lowest BCUT2D eigenvalue weighted by atomic mass is 10.1. The number of benzene rings is 1. The summed E-state index contributed by atoms with van der Waals surface area (Å²) in [5, 5.41) is 0. The van der Waals surface area contributed by atoms with Crippen molar-refractivity contribution >= 4 is 22.0 Å². The number of hydrogen-bond acceptors (Lipinski definition) is 4. The third-order valence-corrected chi connectivity index (χ3v) is 1.80. The van der Waals surface area contributed by atoms with Crippen molar-refractivity contribution in [2.75, 3.05) is 0 Å². The van der Waals surface area contributed by atoms with Crippen LogP contribution in [0, 0.1) is 0 Å². The second kappa shape index (κ2) is 3.95. The normalized spacial score (nSPS) is 9.31. The predicted molar refractivity (Wildman–Crippen MR) is 47.5 cm³/mol. The fraction of sp³-hybridized carbons (Fsp3) is 0.125. The molecule has 0 heterocycles. The molecule has 4 nitrogen and oxygen atoms in total. The van der Waals surface area contributed by atoms with Gasteiger partial charge in [-0.2, -0.15) is 8.42 Å². The molecule has 68 valence electrons. The Morgan fingerprint density at radius 3 is 2.46 bits per heavy atom. The molecule has 0 atom stereocenters. The molecule has 0 bridgehead atoms. The first-order chi connectivity index (χ1) is 6.11. The molecule has 1 aromatic carbocycles. The van der Waals surface area contributed by atoms with Crippen molar-refractivity contribution in [3.05, 3.63) is 29.8 Å². The summed E-state index contributed by atoms with van der Waals surface area (Å²) in [4.78, 5) is 11.0. The van der Waals surface area contributed by atoms with E-state index in [9.17, 15) is 13.2 Å². The maximum Gasteiger partial charge on any atom is 0.316 e. The zero-order chi connectivity index (χ0) is 9.84. The molecule has 0 amide bonds. The quantitative estimate of drug-likeness (QED) is 0.676. The minimum Gasteiger partial charge on any atom is -0.294 e. The Balaban J connectivity index is 3.36. The van der Waals surface area contributed by atoms with Crippen LogP contribution in [0.3, 0.4) is 0 Å². The average Bonchev–Trinajstić information content (AvgIpc) is 2.03. The number of hydrogen-bond donors (Lipinski definition) is 0. The summed E-state index contributed by atoms with van der Waals surface area (Å²) < 4.78 is 23.8. The standard InChI is InChI=1S/C8H7NO3S/c1-6(10)7-4-2-3-5-8(7)9-13(11)12/h2-5H,1H3. The van der Waals surface area contributed by atoms with Gasteiger partial charge in [-0.1, -0.05) is 12.1 Å². The highest BCUT2D eigenvalue weighted by Crippen LogP contribution is 2.18. The monoisotopic (exact) mass is 197 g/mol. The Labute approximate surface area is 76.9 Å². The van der Waals surface area contributed by atoms with Gasteiger partial charge in [0.1, 0.15) is 0 Å². The number of carbonyl (C=O) groups is 1. The third kappa shape index (κ3) is 2.48. The van der Waals surface area contributed by atoms with Crippen molar-refractivity contribution in [2.45, 2.75) is 6.92 Å². The molecule has 0 radical (unpaired) electrons. The highest BCUT2D eigenvalue weighted by atomic mass is 32.2. The van der Waals surface area contributed by atoms with Crippen LogP contribution in [0.5, 0.6) is 0 Å². The molecule has 0 unspecified atom stereocenters. The summed E-state index contributed by atoms with van der Waals surface area (Å²) >= 11 is 0. The van der Waals surface area contributed by atoms with E-state index in [1.54, 1.807) is 12.1 Å². The maximum absolute atomic E-state index is 11.0. The van der Waals surface area contributed by atoms with Gasteiger partial charge in [0.15, 0.2) is 5.78 Å². The van der Waals surface area contributed by atoms with Crippen LogP contribution in [0.25, 0.3) is 0 Å². The topological polar surface area (TPSA) is 63.6 Å². The Morgan fingerprint density at radius 1 is 1.31 bits per heavy atom. The molecule has 1 rings (SSSR count). The van der Waals surface area contributed by atoms with Crippen molar-refractivity contribution in [1.82, 2.24) is 0 Å². The lowest BCUT2D eigenvalue weighted by Crippen LogP contribution is -1.91. The van der Waals surface area contributed by atoms with Crippen LogP contribution >= 0.6 is 0 Å². The SMILES string of the molecule is CC(=O)c1ccccc1N=S(=O)=O. The van der Waals surface area contributed by atoms with E-state index in [1.807, 2.05) is 0 Å². The van der Waals surface area contributed by atoms with Gasteiger partial charge in [-0.15, -0.1) is 4.36 Å². The molecule has 0 aromatic heterocycles. The van der Waals surface area contributed by atoms with Crippen LogP contribution in [-0.2, 0) is 10.5 Å². The highest BCUT2D eigenvalue weighted by molar-refractivity contribution is 7.61. The molecule has 0 spiro atoms. The molecule has 0 saturated heterocycles. The third-order valence-electron chi connectivity index (χ3n) is 1.46. The zero-order valence-electron chi connectivity index (χ0n) is 6.89. The van der Waals surface area contributed by atoms with Crippen molar-refractivity contribution < 1.29 is 13.2 Å². The molecular weight excluding hydrogens is 190 g/mol. The summed E-state index contributed by atoms with van der Waals surface area (Å²) in [7, 11) is -2.52. The van der Waals surface area contributed by atoms with Gasteiger partial charge in [0.2, 0.25) is 0 Å². The lowest BCUT2D eigenvalue weighted by Gasteiger charge is -1.96. The first kappa shape index (κ1) is 9.60. The minimum absolute atomic E-state index is 0.184. The van der Waals surface area contributed by atoms with E-state index in [2.05, 4.69) is 4.36 Å². The molecule has 13 heavy (non-hydrogen) atoms. The molecule has 0 aliphatic rings. The summed E-state index contributed by atoms with van der Waals surface area (Å²) in [6, 6.07) is 6.29. The van der Waals surface area contributed by atoms with Crippen LogP contribution in [0.1, 0.15) is 17.3 Å². The molecular formula is C8H7NO3S. The van der Waals surface area contributed by atoms with E-state index < -0.39 is 10.5 Å². The van der Waals surface area contributed by atoms with E-state index in [1.165, 1.54) is 19.1 Å². The first-order valence-electron chi connectivity index (χ1n) is 3.52. The number of Topliss-reactive ketones (excluding diaryl/α,β-unsaturated/α-hetero) is 1. The molecule has 0 fully saturated rings. The molecule has 1 aromatic rings. The first-order valence-corrected chi connectivity index (χ1v) is 4.55. The fourth-order valence-corrected chi connectivity index (χ4v) is 1.25. The Hall–Kier alpha value is -1.49. The number of rotatable bonds is 2. The predicted octanol–water partition coefficient (Wildman–Crippen LogP) is 1.58. The molecule has 0 aliphatic carbocycles. The molecule has 0 saturated carbocycles.